The molecule has 0 bridgehead atoms. The maximum atomic E-state index is 11.6. The van der Waals surface area contributed by atoms with E-state index in [2.05, 4.69) is 0 Å². The summed E-state index contributed by atoms with van der Waals surface area (Å²) in [4.78, 5) is 0. The molecule has 16 nitrogen and oxygen atoms in total. The van der Waals surface area contributed by atoms with Crippen LogP contribution in [-0.4, -0.2) is 112 Å². The number of benzene rings is 4. The Balaban J connectivity index is 1.45. The van der Waals surface area contributed by atoms with Crippen molar-refractivity contribution in [2.45, 2.75) is 36.6 Å². The first-order valence-electron chi connectivity index (χ1n) is 18.4. The Bertz CT molecular complexity index is 1830. The molecule has 16 heteroatoms. The highest BCUT2D eigenvalue weighted by Gasteiger charge is 2.45. The average Bonchev–Trinajstić information content (AvgIpc) is 3.61. The summed E-state index contributed by atoms with van der Waals surface area (Å²) in [7, 11) is 8.46. The number of aliphatic hydroxyl groups is 2. The van der Waals surface area contributed by atoms with Gasteiger partial charge in [0.15, 0.2) is 46.0 Å². The van der Waals surface area contributed by atoms with Crippen LogP contribution in [0, 0.1) is 11.8 Å². The van der Waals surface area contributed by atoms with Gasteiger partial charge in [0.2, 0.25) is 11.5 Å². The molecule has 0 amide bonds. The van der Waals surface area contributed by atoms with Crippen LogP contribution < -0.4 is 28.4 Å². The van der Waals surface area contributed by atoms with Crippen LogP contribution >= 0.6 is 0 Å². The zero-order valence-electron chi connectivity index (χ0n) is 33.0. The highest BCUT2D eigenvalue weighted by Crippen LogP contribution is 2.49. The van der Waals surface area contributed by atoms with E-state index < -0.39 is 48.5 Å². The lowest BCUT2D eigenvalue weighted by atomic mass is 9.79. The molecule has 2 aliphatic rings. The summed E-state index contributed by atoms with van der Waals surface area (Å²) in [5, 5.41) is 65.4. The topological polar surface area (TPSA) is 214 Å². The molecular formula is C42H50O16. The second-order valence-electron chi connectivity index (χ2n) is 13.9. The number of aromatic hydroxyl groups is 4. The van der Waals surface area contributed by atoms with Gasteiger partial charge < -0.3 is 78.0 Å². The molecule has 0 saturated carbocycles. The Hall–Kier alpha value is -5.36. The van der Waals surface area contributed by atoms with Crippen molar-refractivity contribution < 1.29 is 78.0 Å². The van der Waals surface area contributed by atoms with Gasteiger partial charge in [-0.3, -0.25) is 0 Å². The molecule has 0 radical (unpaired) electrons. The van der Waals surface area contributed by atoms with Crippen molar-refractivity contribution in [3.8, 4) is 57.5 Å². The van der Waals surface area contributed by atoms with E-state index in [9.17, 15) is 30.6 Å². The third-order valence-corrected chi connectivity index (χ3v) is 10.7. The van der Waals surface area contributed by atoms with Crippen LogP contribution in [0.15, 0.2) is 60.7 Å². The normalized spacial score (nSPS) is 23.4. The van der Waals surface area contributed by atoms with E-state index in [1.165, 1.54) is 66.9 Å². The van der Waals surface area contributed by atoms with E-state index in [4.69, 9.17) is 47.4 Å². The molecule has 0 aromatic heterocycles. The molecule has 2 saturated heterocycles. The Labute approximate surface area is 335 Å². The summed E-state index contributed by atoms with van der Waals surface area (Å²) in [6, 6.07) is 15.5. The second-order valence-corrected chi connectivity index (χ2v) is 13.9. The van der Waals surface area contributed by atoms with Gasteiger partial charge in [-0.05, 0) is 70.8 Å². The van der Waals surface area contributed by atoms with Gasteiger partial charge in [0, 0.05) is 11.8 Å². The molecular weight excluding hydrogens is 760 g/mol. The summed E-state index contributed by atoms with van der Waals surface area (Å²) in [6.45, 7) is -0.284. The monoisotopic (exact) mass is 810 g/mol. The van der Waals surface area contributed by atoms with Crippen molar-refractivity contribution in [2.75, 3.05) is 69.1 Å². The van der Waals surface area contributed by atoms with Crippen LogP contribution in [0.1, 0.15) is 46.7 Å². The molecule has 4 aromatic carbocycles. The Morgan fingerprint density at radius 3 is 1.09 bits per heavy atom. The fraction of sp³-hybridized carbons (Fsp3) is 0.429. The predicted molar refractivity (Wildman–Crippen MR) is 206 cm³/mol. The van der Waals surface area contributed by atoms with Gasteiger partial charge in [-0.15, -0.1) is 0 Å². The molecule has 2 heterocycles. The van der Waals surface area contributed by atoms with Crippen LogP contribution in [0.4, 0.5) is 0 Å². The van der Waals surface area contributed by atoms with Crippen molar-refractivity contribution in [2.24, 2.45) is 11.8 Å². The van der Waals surface area contributed by atoms with E-state index in [-0.39, 0.29) is 83.9 Å². The van der Waals surface area contributed by atoms with Gasteiger partial charge in [0.1, 0.15) is 24.4 Å². The van der Waals surface area contributed by atoms with Crippen molar-refractivity contribution in [3.63, 3.8) is 0 Å². The Morgan fingerprint density at radius 2 is 0.776 bits per heavy atom. The third kappa shape index (κ3) is 8.57. The second kappa shape index (κ2) is 18.5. The molecule has 8 atom stereocenters. The van der Waals surface area contributed by atoms with Crippen molar-refractivity contribution in [1.29, 1.82) is 0 Å². The molecule has 2 unspecified atom stereocenters. The first kappa shape index (κ1) is 42.3. The van der Waals surface area contributed by atoms with E-state index in [0.29, 0.717) is 22.3 Å². The Kier molecular flexibility index (Phi) is 13.5. The Morgan fingerprint density at radius 1 is 0.448 bits per heavy atom. The average molecular weight is 811 g/mol. The van der Waals surface area contributed by atoms with Crippen LogP contribution in [0.3, 0.4) is 0 Å². The van der Waals surface area contributed by atoms with Gasteiger partial charge >= 0.3 is 0 Å². The maximum Gasteiger partial charge on any atom is 0.200 e. The van der Waals surface area contributed by atoms with E-state index in [0.717, 1.165) is 0 Å². The predicted octanol–water partition coefficient (Wildman–Crippen LogP) is 4.87. The molecule has 4 aromatic rings. The number of aliphatic hydroxyl groups excluding tert-OH is 2. The number of hydrogen-bond acceptors (Lipinski definition) is 16. The van der Waals surface area contributed by atoms with E-state index in [1.54, 1.807) is 36.4 Å². The molecule has 314 valence electrons. The molecule has 6 N–H and O–H groups in total. The lowest BCUT2D eigenvalue weighted by Crippen LogP contribution is -2.34. The maximum absolute atomic E-state index is 11.6. The quantitative estimate of drug-likeness (QED) is 0.106. The smallest absolute Gasteiger partial charge is 0.200 e. The van der Waals surface area contributed by atoms with Gasteiger partial charge in [0.05, 0.1) is 81.3 Å². The molecule has 0 aliphatic carbocycles. The van der Waals surface area contributed by atoms with Gasteiger partial charge in [-0.1, -0.05) is 12.1 Å². The molecule has 2 fully saturated rings. The number of phenolic OH excluding ortho intramolecular Hbond substituents is 4. The fourth-order valence-electron chi connectivity index (χ4n) is 7.47. The SMILES string of the molecule is COc1cc(C(O)[C@@H]2CO[C@H](c3cc(OC)c(O)c(OC)c3)[C@H]([C@H]3COC([C@@H](O)c4ccc(O)c(OC)c4)CO[C@H]3c3cc(OC)c(O)c(OC)c3)CO2)ccc1O. The number of methoxy groups -OCH3 is 6. The summed E-state index contributed by atoms with van der Waals surface area (Å²) >= 11 is 0. The minimum Gasteiger partial charge on any atom is -0.504 e. The summed E-state index contributed by atoms with van der Waals surface area (Å²) < 4.78 is 59.0. The van der Waals surface area contributed by atoms with Crippen LogP contribution in [0.25, 0.3) is 0 Å². The van der Waals surface area contributed by atoms with Crippen molar-refractivity contribution in [3.05, 3.63) is 82.9 Å². The van der Waals surface area contributed by atoms with Crippen molar-refractivity contribution >= 4 is 0 Å². The van der Waals surface area contributed by atoms with Gasteiger partial charge in [-0.2, -0.15) is 0 Å². The number of rotatable bonds is 13. The molecule has 0 spiro atoms. The number of hydrogen-bond donors (Lipinski definition) is 6. The molecule has 58 heavy (non-hydrogen) atoms. The fourth-order valence-corrected chi connectivity index (χ4v) is 7.47. The van der Waals surface area contributed by atoms with Crippen LogP contribution in [0.2, 0.25) is 0 Å². The van der Waals surface area contributed by atoms with E-state index in [1.807, 2.05) is 0 Å². The zero-order chi connectivity index (χ0) is 41.7. The zero-order valence-corrected chi connectivity index (χ0v) is 33.0. The van der Waals surface area contributed by atoms with Gasteiger partial charge in [-0.25, -0.2) is 0 Å². The summed E-state index contributed by atoms with van der Waals surface area (Å²) in [5.41, 5.74) is 1.91. The van der Waals surface area contributed by atoms with E-state index >= 15 is 0 Å². The lowest BCUT2D eigenvalue weighted by Gasteiger charge is -2.35. The highest BCUT2D eigenvalue weighted by atomic mass is 16.6. The molecule has 6 rings (SSSR count). The number of ether oxygens (including phenoxy) is 10. The van der Waals surface area contributed by atoms with Crippen LogP contribution in [0.5, 0.6) is 57.5 Å². The standard InChI is InChI=1S/C42H50O16/c1-49-29-11-21(7-9-27(29)43)37(45)35-19-57-41(23-13-31(51-3)39(47)32(14-23)52-4)25(17-55-35)26-18-56-36(38(46)22-8-10-28(44)30(12-22)50-2)20-58-42(26)24-15-33(53-5)40(48)34(16-24)54-6/h7-16,25-26,35-38,41-48H,17-20H2,1-6H3/t25-,26+,35-,36?,37?,38-,41+,42-/m0/s1. The third-order valence-electron chi connectivity index (χ3n) is 10.7. The molecule has 2 aliphatic heterocycles. The largest absolute Gasteiger partial charge is 0.504 e. The first-order chi connectivity index (χ1) is 28.0. The van der Waals surface area contributed by atoms with Gasteiger partial charge in [0.25, 0.3) is 0 Å². The highest BCUT2D eigenvalue weighted by molar-refractivity contribution is 5.55. The lowest BCUT2D eigenvalue weighted by molar-refractivity contribution is -0.0655. The van der Waals surface area contributed by atoms with Crippen molar-refractivity contribution in [1.82, 2.24) is 0 Å². The minimum absolute atomic E-state index is 0.0320. The first-order valence-corrected chi connectivity index (χ1v) is 18.4. The summed E-state index contributed by atoms with van der Waals surface area (Å²) in [6.07, 6.45) is -5.94. The number of phenols is 4. The van der Waals surface area contributed by atoms with Crippen LogP contribution in [-0.2, 0) is 18.9 Å². The summed E-state index contributed by atoms with van der Waals surface area (Å²) in [5.74, 6) is -1.07. The minimum atomic E-state index is -1.22.